The summed E-state index contributed by atoms with van der Waals surface area (Å²) in [7, 11) is 0. The fourth-order valence-electron chi connectivity index (χ4n) is 0. The summed E-state index contributed by atoms with van der Waals surface area (Å²) in [6.45, 7) is 0. The summed E-state index contributed by atoms with van der Waals surface area (Å²) in [6, 6.07) is 0. The first-order valence-electron chi connectivity index (χ1n) is 0. The van der Waals surface area contributed by atoms with Crippen LogP contribution in [-0.2, 0) is 17.1 Å². The number of halogens is 1. The van der Waals surface area contributed by atoms with Crippen molar-refractivity contribution < 1.29 is 101 Å². The van der Waals surface area contributed by atoms with Crippen molar-refractivity contribution in [2.75, 3.05) is 0 Å². The predicted molar refractivity (Wildman–Crippen MR) is 9.47 cm³/mol. The first-order valence-corrected chi connectivity index (χ1v) is 0. The van der Waals surface area contributed by atoms with E-state index in [1.165, 1.54) is 0 Å². The molecule has 0 unspecified atom stereocenters. The molecular weight excluding hydrogens is 153 g/mol. The van der Waals surface area contributed by atoms with Gasteiger partial charge in [-0.05, 0) is 0 Å². The van der Waals surface area contributed by atoms with Crippen molar-refractivity contribution in [3.8, 4) is 0 Å². The van der Waals surface area contributed by atoms with Gasteiger partial charge in [-0.3, -0.25) is 0 Å². The van der Waals surface area contributed by atoms with Crippen molar-refractivity contribution in [3.05, 3.63) is 0 Å². The average molecular weight is 156 g/mol. The van der Waals surface area contributed by atoms with Gasteiger partial charge < -0.3 is 2.85 Å². The molecule has 0 fully saturated rings. The summed E-state index contributed by atoms with van der Waals surface area (Å²) in [5.74, 6) is 0. The van der Waals surface area contributed by atoms with Gasteiger partial charge in [0.05, 0.1) is 0 Å². The molecule has 4 heavy (non-hydrogen) atoms. The second-order valence-electron chi connectivity index (χ2n) is 0. The second-order valence-corrected chi connectivity index (χ2v) is 0. The molecule has 0 bridgehead atoms. The van der Waals surface area contributed by atoms with Crippen LogP contribution in [0.25, 0.3) is 0 Å². The van der Waals surface area contributed by atoms with E-state index in [0.29, 0.717) is 0 Å². The van der Waals surface area contributed by atoms with E-state index >= 15 is 0 Å². The summed E-state index contributed by atoms with van der Waals surface area (Å²) < 4.78 is 0. The average Bonchev–Trinajstić information content (AvgIpc) is 0. The summed E-state index contributed by atoms with van der Waals surface area (Å²) >= 11 is 0. The number of rotatable bonds is 0. The van der Waals surface area contributed by atoms with Gasteiger partial charge in [0.15, 0.2) is 0 Å². The van der Waals surface area contributed by atoms with Crippen LogP contribution in [0.2, 0.25) is 0 Å². The van der Waals surface area contributed by atoms with Crippen LogP contribution >= 0.6 is 12.4 Å². The zero-order valence-corrected chi connectivity index (χ0v) is 9.81. The van der Waals surface area contributed by atoms with Crippen LogP contribution in [0.15, 0.2) is 0 Å². The molecule has 0 aliphatic carbocycles. The van der Waals surface area contributed by atoms with Gasteiger partial charge in [-0.15, -0.1) is 12.4 Å². The molecule has 0 aromatic heterocycles. The Kier molecular flexibility index (Phi) is 105. The molecule has 0 nitrogen and oxygen atoms in total. The normalized spacial score (nSPS) is 0. The Balaban J connectivity index is 0. The van der Waals surface area contributed by atoms with Crippen molar-refractivity contribution in [2.45, 2.75) is 0 Å². The molecule has 0 rings (SSSR count). The summed E-state index contributed by atoms with van der Waals surface area (Å²) in [5.41, 5.74) is 0. The molecule has 0 amide bonds. The van der Waals surface area contributed by atoms with Gasteiger partial charge in [0.25, 0.3) is 0 Å². The van der Waals surface area contributed by atoms with Gasteiger partial charge in [0, 0.05) is 17.1 Å². The Morgan fingerprint density at radius 2 is 1.25 bits per heavy atom. The van der Waals surface area contributed by atoms with Gasteiger partial charge in [0.1, 0.15) is 0 Å². The van der Waals surface area contributed by atoms with Crippen LogP contribution in [0.5, 0.6) is 0 Å². The van der Waals surface area contributed by atoms with E-state index in [0.717, 1.165) is 0 Å². The largest absolute Gasteiger partial charge is 1.00 e. The van der Waals surface area contributed by atoms with Gasteiger partial charge in [-0.25, -0.2) is 0 Å². The fraction of sp³-hybridized carbons (Fsp3) is 0. The minimum Gasteiger partial charge on any atom is -1.00 e. The van der Waals surface area contributed by atoms with E-state index in [2.05, 4.69) is 0 Å². The van der Waals surface area contributed by atoms with Crippen LogP contribution < -0.4 is 80.9 Å². The van der Waals surface area contributed by atoms with E-state index in [4.69, 9.17) is 0 Å². The van der Waals surface area contributed by atoms with Crippen molar-refractivity contribution >= 4 is 12.4 Å². The molecule has 20 valence electrons. The minimum atomic E-state index is 0. The van der Waals surface area contributed by atoms with E-state index < -0.39 is 0 Å². The molecule has 4 heteroatoms. The van der Waals surface area contributed by atoms with Crippen molar-refractivity contribution in [1.82, 2.24) is 0 Å². The third-order valence-electron chi connectivity index (χ3n) is 0. The SMILES string of the molecule is Cl.[Fe].[H-].[H-].[K+].[Na+]. The molecule has 0 N–H and O–H groups in total. The Bertz CT molecular complexity index is 13.5. The Hall–Kier alpha value is 3.45. The monoisotopic (exact) mass is 156 g/mol. The third-order valence-corrected chi connectivity index (χ3v) is 0. The standard InChI is InChI=1S/ClH.Fe.K.Na.2H/h1H;;;;;/q;;2*+1;2*-1. The molecule has 0 aromatic rings. The summed E-state index contributed by atoms with van der Waals surface area (Å²) in [4.78, 5) is 0. The zero-order valence-electron chi connectivity index (χ0n) is 4.76. The molecule has 0 aliphatic heterocycles. The van der Waals surface area contributed by atoms with Crippen molar-refractivity contribution in [2.24, 2.45) is 0 Å². The number of hydrogen-bond donors (Lipinski definition) is 0. The van der Waals surface area contributed by atoms with Crippen molar-refractivity contribution in [1.29, 1.82) is 0 Å². The molecule has 0 radical (unpaired) electrons. The molecule has 0 aromatic carbocycles. The van der Waals surface area contributed by atoms with Gasteiger partial charge in [-0.1, -0.05) is 0 Å². The zero-order chi connectivity index (χ0) is 0. The van der Waals surface area contributed by atoms with Crippen LogP contribution in [-0.4, -0.2) is 0 Å². The molecule has 0 spiro atoms. The molecule has 0 aliphatic rings. The smallest absolute Gasteiger partial charge is 1.00 e. The van der Waals surface area contributed by atoms with E-state index in [1.54, 1.807) is 0 Å². The minimum absolute atomic E-state index is 0. The van der Waals surface area contributed by atoms with E-state index in [9.17, 15) is 0 Å². The van der Waals surface area contributed by atoms with Crippen LogP contribution in [0.1, 0.15) is 2.85 Å². The maximum absolute atomic E-state index is 0. The number of hydrogen-bond acceptors (Lipinski definition) is 0. The molecular formula is H3ClFeKNa. The molecule has 0 atom stereocenters. The summed E-state index contributed by atoms with van der Waals surface area (Å²) in [5, 5.41) is 0. The van der Waals surface area contributed by atoms with Gasteiger partial charge in [-0.2, -0.15) is 0 Å². The van der Waals surface area contributed by atoms with E-state index in [1.807, 2.05) is 0 Å². The van der Waals surface area contributed by atoms with Crippen LogP contribution in [0, 0.1) is 0 Å². The first kappa shape index (κ1) is 26.1. The van der Waals surface area contributed by atoms with Crippen LogP contribution in [0.4, 0.5) is 0 Å². The second kappa shape index (κ2) is 16.1. The summed E-state index contributed by atoms with van der Waals surface area (Å²) in [6.07, 6.45) is 0. The predicted octanol–water partition coefficient (Wildman–Crippen LogP) is -5.35. The topological polar surface area (TPSA) is 0 Å². The molecule has 0 saturated heterocycles. The first-order chi connectivity index (χ1) is 0. The third kappa shape index (κ3) is 9.07. The van der Waals surface area contributed by atoms with E-state index in [-0.39, 0.29) is 113 Å². The molecule has 0 saturated carbocycles. The molecule has 0 heterocycles. The Morgan fingerprint density at radius 3 is 1.25 bits per heavy atom. The fourth-order valence-corrected chi connectivity index (χ4v) is 0. The maximum atomic E-state index is 0. The van der Waals surface area contributed by atoms with Crippen molar-refractivity contribution in [3.63, 3.8) is 0 Å². The van der Waals surface area contributed by atoms with Gasteiger partial charge >= 0.3 is 80.9 Å². The maximum Gasteiger partial charge on any atom is 1.00 e. The Morgan fingerprint density at radius 1 is 1.25 bits per heavy atom. The van der Waals surface area contributed by atoms with Gasteiger partial charge in [0.2, 0.25) is 0 Å². The van der Waals surface area contributed by atoms with Crippen LogP contribution in [0.3, 0.4) is 0 Å². The Labute approximate surface area is 110 Å². The quantitative estimate of drug-likeness (QED) is 0.307.